The van der Waals surface area contributed by atoms with E-state index in [1.165, 1.54) is 57.8 Å². The zero-order chi connectivity index (χ0) is 38.3. The SMILES string of the molecule is O=CCOCCOCCNC(=O)COCCOCCNC(=O)CC[C@H](NC(=O)CCCCCCCCCCCCCCCCCCC(=O)O)C(=O)O. The van der Waals surface area contributed by atoms with E-state index in [1.807, 2.05) is 0 Å². The molecule has 0 aromatic heterocycles. The van der Waals surface area contributed by atoms with Gasteiger partial charge in [-0.1, -0.05) is 89.9 Å². The minimum absolute atomic E-state index is 0.0121. The smallest absolute Gasteiger partial charge is 0.326 e. The van der Waals surface area contributed by atoms with Gasteiger partial charge in [0.05, 0.1) is 39.6 Å². The zero-order valence-corrected chi connectivity index (χ0v) is 31.3. The van der Waals surface area contributed by atoms with E-state index in [9.17, 15) is 33.9 Å². The van der Waals surface area contributed by atoms with Gasteiger partial charge < -0.3 is 49.9 Å². The van der Waals surface area contributed by atoms with Gasteiger partial charge in [0, 0.05) is 32.4 Å². The highest BCUT2D eigenvalue weighted by molar-refractivity contribution is 5.84. The molecule has 0 spiro atoms. The summed E-state index contributed by atoms with van der Waals surface area (Å²) in [6.45, 7) is 2.02. The van der Waals surface area contributed by atoms with Crippen LogP contribution >= 0.6 is 0 Å². The summed E-state index contributed by atoms with van der Waals surface area (Å²) in [5.41, 5.74) is 0. The van der Waals surface area contributed by atoms with Gasteiger partial charge >= 0.3 is 11.9 Å². The first-order valence-corrected chi connectivity index (χ1v) is 19.3. The fourth-order valence-electron chi connectivity index (χ4n) is 5.24. The quantitative estimate of drug-likeness (QED) is 0.0446. The maximum Gasteiger partial charge on any atom is 0.326 e. The van der Waals surface area contributed by atoms with Gasteiger partial charge in [-0.15, -0.1) is 0 Å². The van der Waals surface area contributed by atoms with Gasteiger partial charge in [-0.2, -0.15) is 0 Å². The second-order valence-electron chi connectivity index (χ2n) is 12.8. The van der Waals surface area contributed by atoms with E-state index >= 15 is 0 Å². The highest BCUT2D eigenvalue weighted by Crippen LogP contribution is 2.14. The van der Waals surface area contributed by atoms with Crippen molar-refractivity contribution >= 4 is 35.9 Å². The number of hydrogen-bond donors (Lipinski definition) is 5. The maximum atomic E-state index is 12.3. The Balaban J connectivity index is 3.64. The van der Waals surface area contributed by atoms with E-state index in [4.69, 9.17) is 24.1 Å². The number of hydrogen-bond acceptors (Lipinski definition) is 10. The molecular weight excluding hydrogens is 678 g/mol. The molecule has 15 nitrogen and oxygen atoms in total. The highest BCUT2D eigenvalue weighted by Gasteiger charge is 2.20. The van der Waals surface area contributed by atoms with Gasteiger partial charge in [0.2, 0.25) is 17.7 Å². The Kier molecular flexibility index (Phi) is 35.3. The number of carboxylic acids is 2. The molecule has 5 N–H and O–H groups in total. The number of amides is 3. The first-order valence-electron chi connectivity index (χ1n) is 19.3. The van der Waals surface area contributed by atoms with Crippen molar-refractivity contribution in [3.8, 4) is 0 Å². The molecular formula is C37H67N3O12. The molecule has 0 saturated heterocycles. The minimum atomic E-state index is -1.17. The van der Waals surface area contributed by atoms with E-state index in [2.05, 4.69) is 16.0 Å². The van der Waals surface area contributed by atoms with Crippen LogP contribution in [0.3, 0.4) is 0 Å². The summed E-state index contributed by atoms with van der Waals surface area (Å²) in [5, 5.41) is 25.9. The molecule has 0 aliphatic rings. The van der Waals surface area contributed by atoms with Crippen LogP contribution in [0.2, 0.25) is 0 Å². The molecule has 0 aromatic rings. The summed E-state index contributed by atoms with van der Waals surface area (Å²) in [5.74, 6) is -2.83. The molecule has 0 aliphatic heterocycles. The molecule has 0 bridgehead atoms. The van der Waals surface area contributed by atoms with Crippen LogP contribution < -0.4 is 16.0 Å². The van der Waals surface area contributed by atoms with E-state index in [0.29, 0.717) is 39.1 Å². The van der Waals surface area contributed by atoms with Gasteiger partial charge in [0.15, 0.2) is 0 Å². The van der Waals surface area contributed by atoms with Crippen LogP contribution in [0.1, 0.15) is 128 Å². The topological polar surface area (TPSA) is 216 Å². The molecule has 3 amide bonds. The van der Waals surface area contributed by atoms with E-state index in [1.54, 1.807) is 0 Å². The normalized spacial score (nSPS) is 11.5. The third-order valence-electron chi connectivity index (χ3n) is 8.14. The number of unbranched alkanes of at least 4 members (excludes halogenated alkanes) is 15. The second kappa shape index (κ2) is 37.6. The molecule has 0 saturated carbocycles. The predicted octanol–water partition coefficient (Wildman–Crippen LogP) is 3.94. The van der Waals surface area contributed by atoms with Crippen molar-refractivity contribution in [3.63, 3.8) is 0 Å². The number of aliphatic carboxylic acids is 2. The number of rotatable bonds is 40. The van der Waals surface area contributed by atoms with Crippen LogP contribution in [0.25, 0.3) is 0 Å². The van der Waals surface area contributed by atoms with E-state index < -0.39 is 18.0 Å². The maximum absolute atomic E-state index is 12.3. The molecule has 0 aliphatic carbocycles. The van der Waals surface area contributed by atoms with Crippen molar-refractivity contribution in [2.24, 2.45) is 0 Å². The molecule has 0 radical (unpaired) electrons. The van der Waals surface area contributed by atoms with Crippen molar-refractivity contribution in [2.75, 3.05) is 65.9 Å². The van der Waals surface area contributed by atoms with Gasteiger partial charge in [0.1, 0.15) is 25.5 Å². The third-order valence-corrected chi connectivity index (χ3v) is 8.14. The molecule has 0 rings (SSSR count). The Morgan fingerprint density at radius 1 is 0.500 bits per heavy atom. The van der Waals surface area contributed by atoms with Crippen LogP contribution in [-0.2, 0) is 47.7 Å². The number of nitrogens with one attached hydrogen (secondary N) is 3. The van der Waals surface area contributed by atoms with Crippen molar-refractivity contribution in [1.82, 2.24) is 16.0 Å². The first-order chi connectivity index (χ1) is 25.3. The fraction of sp³-hybridized carbons (Fsp3) is 0.838. The van der Waals surface area contributed by atoms with Crippen molar-refractivity contribution in [2.45, 2.75) is 134 Å². The van der Waals surface area contributed by atoms with Crippen LogP contribution in [-0.4, -0.2) is 118 Å². The lowest BCUT2D eigenvalue weighted by molar-refractivity contribution is -0.142. The Morgan fingerprint density at radius 3 is 1.42 bits per heavy atom. The number of ether oxygens (including phenoxy) is 4. The van der Waals surface area contributed by atoms with Crippen molar-refractivity contribution in [1.29, 1.82) is 0 Å². The number of carbonyl (C=O) groups is 6. The summed E-state index contributed by atoms with van der Waals surface area (Å²) >= 11 is 0. The molecule has 0 unspecified atom stereocenters. The van der Waals surface area contributed by atoms with Gasteiger partial charge in [0.25, 0.3) is 0 Å². The molecule has 52 heavy (non-hydrogen) atoms. The van der Waals surface area contributed by atoms with Gasteiger partial charge in [-0.3, -0.25) is 19.2 Å². The molecule has 302 valence electrons. The summed E-state index contributed by atoms with van der Waals surface area (Å²) in [7, 11) is 0. The predicted molar refractivity (Wildman–Crippen MR) is 195 cm³/mol. The first kappa shape index (κ1) is 48.9. The highest BCUT2D eigenvalue weighted by atomic mass is 16.5. The molecule has 1 atom stereocenters. The lowest BCUT2D eigenvalue weighted by atomic mass is 10.0. The Hall–Kier alpha value is -3.14. The fourth-order valence-corrected chi connectivity index (χ4v) is 5.24. The molecule has 0 heterocycles. The van der Waals surface area contributed by atoms with Crippen molar-refractivity contribution < 1.29 is 57.9 Å². The number of carboxylic acid groups (broad SMARTS) is 2. The summed E-state index contributed by atoms with van der Waals surface area (Å²) in [6.07, 6.45) is 19.1. The average Bonchev–Trinajstić information content (AvgIpc) is 3.11. The van der Waals surface area contributed by atoms with Crippen molar-refractivity contribution in [3.05, 3.63) is 0 Å². The summed E-state index contributed by atoms with van der Waals surface area (Å²) < 4.78 is 20.8. The molecule has 0 fully saturated rings. The van der Waals surface area contributed by atoms with Crippen LogP contribution in [0, 0.1) is 0 Å². The Labute approximate surface area is 310 Å². The largest absolute Gasteiger partial charge is 0.481 e. The monoisotopic (exact) mass is 745 g/mol. The number of aldehydes is 1. The van der Waals surface area contributed by atoms with Gasteiger partial charge in [-0.25, -0.2) is 4.79 Å². The Morgan fingerprint density at radius 2 is 0.942 bits per heavy atom. The molecule has 15 heteroatoms. The Bertz CT molecular complexity index is 938. The average molecular weight is 746 g/mol. The van der Waals surface area contributed by atoms with Crippen LogP contribution in [0.15, 0.2) is 0 Å². The lowest BCUT2D eigenvalue weighted by Crippen LogP contribution is -2.41. The van der Waals surface area contributed by atoms with Crippen LogP contribution in [0.4, 0.5) is 0 Å². The zero-order valence-electron chi connectivity index (χ0n) is 31.3. The lowest BCUT2D eigenvalue weighted by Gasteiger charge is -2.14. The number of carbonyl (C=O) groups excluding carboxylic acids is 4. The standard InChI is InChI=1S/C37H67N3O12/c41-23-26-51-28-27-49-25-22-39-35(44)31-52-30-29-50-24-21-38-33(42)20-19-32(37(47)48)40-34(43)17-15-13-11-9-7-5-3-1-2-4-6-8-10-12-14-16-18-36(45)46/h23,32H,1-22,24-31H2,(H,38,42)(H,39,44)(H,40,43)(H,45,46)(H,47,48)/t32-/m0/s1. The van der Waals surface area contributed by atoms with E-state index in [0.717, 1.165) is 38.5 Å². The third kappa shape index (κ3) is 36.6. The minimum Gasteiger partial charge on any atom is -0.481 e. The van der Waals surface area contributed by atoms with Gasteiger partial charge in [-0.05, 0) is 19.3 Å². The molecule has 0 aromatic carbocycles. The summed E-state index contributed by atoms with van der Waals surface area (Å²) in [4.78, 5) is 68.3. The van der Waals surface area contributed by atoms with Crippen LogP contribution in [0.5, 0.6) is 0 Å². The van der Waals surface area contributed by atoms with E-state index in [-0.39, 0.29) is 83.0 Å². The summed E-state index contributed by atoms with van der Waals surface area (Å²) in [6, 6.07) is -1.12. The second-order valence-corrected chi connectivity index (χ2v) is 12.8.